The van der Waals surface area contributed by atoms with Crippen LogP contribution in [0.3, 0.4) is 0 Å². The molecule has 1 saturated heterocycles. The summed E-state index contributed by atoms with van der Waals surface area (Å²) in [6, 6.07) is 5.20. The largest absolute Gasteiger partial charge is 0.460 e. The predicted molar refractivity (Wildman–Crippen MR) is 131 cm³/mol. The Morgan fingerprint density at radius 2 is 2.08 bits per heavy atom. The van der Waals surface area contributed by atoms with Crippen molar-refractivity contribution in [3.8, 4) is 5.19 Å². The van der Waals surface area contributed by atoms with Crippen molar-refractivity contribution in [3.63, 3.8) is 0 Å². The Morgan fingerprint density at radius 3 is 2.86 bits per heavy atom. The molecule has 3 aromatic rings. The molecular weight excluding hydrogens is 509 g/mol. The third-order valence-corrected chi connectivity index (χ3v) is 7.74. The van der Waals surface area contributed by atoms with E-state index >= 15 is 0 Å². The van der Waals surface area contributed by atoms with E-state index in [1.165, 1.54) is 11.3 Å². The third-order valence-electron chi connectivity index (χ3n) is 6.67. The topological polar surface area (TPSA) is 89.7 Å². The fraction of sp³-hybridized carbons (Fsp3) is 0.560. The zero-order chi connectivity index (χ0) is 26.0. The summed E-state index contributed by atoms with van der Waals surface area (Å²) >= 11 is 1.22. The van der Waals surface area contributed by atoms with Crippen molar-refractivity contribution in [1.82, 2.24) is 20.2 Å². The molecule has 8 nitrogen and oxygen atoms in total. The van der Waals surface area contributed by atoms with Gasteiger partial charge in [-0.1, -0.05) is 11.3 Å². The van der Waals surface area contributed by atoms with Gasteiger partial charge in [-0.3, -0.25) is 4.79 Å². The molecule has 2 aliphatic rings. The number of thiazole rings is 1. The molecule has 0 unspecified atom stereocenters. The number of aryl methyl sites for hydroxylation is 1. The zero-order valence-corrected chi connectivity index (χ0v) is 21.3. The molecule has 1 amide bonds. The molecule has 37 heavy (non-hydrogen) atoms. The molecule has 200 valence electrons. The van der Waals surface area contributed by atoms with E-state index in [9.17, 15) is 18.0 Å². The molecule has 0 bridgehead atoms. The number of nitrogens with zero attached hydrogens (tertiary/aromatic N) is 3. The van der Waals surface area contributed by atoms with Crippen molar-refractivity contribution >= 4 is 28.3 Å². The standard InChI is InChI=1S/C25H29F3N4O4S/c1-15-29-20-12-16(2-5-21(20)36-15)23(33)30-17-3-4-18(34-13-17)6-9-32-10-7-19-22(8-11-32)37-24(31-19)35-14-25(26,27)28/h2,5,12,17-18H,3-4,6-11,13-14H2,1H3,(H,30,33)/t17-,18+/m0/s1. The highest BCUT2D eigenvalue weighted by atomic mass is 32.1. The van der Waals surface area contributed by atoms with E-state index in [4.69, 9.17) is 13.9 Å². The van der Waals surface area contributed by atoms with Crippen LogP contribution in [0, 0.1) is 6.92 Å². The lowest BCUT2D eigenvalue weighted by atomic mass is 10.0. The minimum Gasteiger partial charge on any atom is -0.460 e. The van der Waals surface area contributed by atoms with E-state index in [0.717, 1.165) is 55.9 Å². The lowest BCUT2D eigenvalue weighted by Crippen LogP contribution is -2.43. The maximum atomic E-state index is 12.7. The second kappa shape index (κ2) is 11.0. The summed E-state index contributed by atoms with van der Waals surface area (Å²) in [5, 5.41) is 3.16. The molecular formula is C25H29F3N4O4S. The van der Waals surface area contributed by atoms with Crippen molar-refractivity contribution < 1.29 is 31.9 Å². The van der Waals surface area contributed by atoms with Crippen LogP contribution in [0.1, 0.15) is 46.1 Å². The van der Waals surface area contributed by atoms with Gasteiger partial charge in [0.05, 0.1) is 24.4 Å². The molecule has 0 aliphatic carbocycles. The maximum Gasteiger partial charge on any atom is 0.422 e. The fourth-order valence-electron chi connectivity index (χ4n) is 4.74. The van der Waals surface area contributed by atoms with Crippen molar-refractivity contribution in [2.45, 2.75) is 57.3 Å². The van der Waals surface area contributed by atoms with Crippen molar-refractivity contribution in [1.29, 1.82) is 0 Å². The van der Waals surface area contributed by atoms with Gasteiger partial charge < -0.3 is 24.1 Å². The van der Waals surface area contributed by atoms with Gasteiger partial charge in [-0.15, -0.1) is 0 Å². The van der Waals surface area contributed by atoms with Crippen LogP contribution in [0.15, 0.2) is 22.6 Å². The van der Waals surface area contributed by atoms with Crippen molar-refractivity contribution in [2.24, 2.45) is 0 Å². The summed E-state index contributed by atoms with van der Waals surface area (Å²) in [6.45, 7) is 3.45. The summed E-state index contributed by atoms with van der Waals surface area (Å²) in [5.41, 5.74) is 2.72. The molecule has 2 atom stereocenters. The summed E-state index contributed by atoms with van der Waals surface area (Å²) in [7, 11) is 0. The summed E-state index contributed by atoms with van der Waals surface area (Å²) in [5.74, 6) is 0.419. The first-order valence-corrected chi connectivity index (χ1v) is 13.2. The number of halogens is 3. The number of aromatic nitrogens is 2. The lowest BCUT2D eigenvalue weighted by molar-refractivity contribution is -0.153. The fourth-order valence-corrected chi connectivity index (χ4v) is 5.68. The molecule has 4 heterocycles. The number of amides is 1. The van der Waals surface area contributed by atoms with Gasteiger partial charge in [0.1, 0.15) is 5.52 Å². The summed E-state index contributed by atoms with van der Waals surface area (Å²) < 4.78 is 53.5. The Hall–Kier alpha value is -2.70. The number of alkyl halides is 3. The first-order chi connectivity index (χ1) is 17.7. The second-order valence-electron chi connectivity index (χ2n) is 9.50. The number of hydrogen-bond donors (Lipinski definition) is 1. The molecule has 0 radical (unpaired) electrons. The molecule has 1 fully saturated rings. The van der Waals surface area contributed by atoms with Gasteiger partial charge in [-0.2, -0.15) is 13.2 Å². The Labute approximate surface area is 216 Å². The van der Waals surface area contributed by atoms with Gasteiger partial charge in [-0.05, 0) is 43.9 Å². The number of ether oxygens (including phenoxy) is 2. The van der Waals surface area contributed by atoms with E-state index in [0.29, 0.717) is 35.6 Å². The van der Waals surface area contributed by atoms with Crippen LogP contribution in [0.4, 0.5) is 13.2 Å². The van der Waals surface area contributed by atoms with Crippen LogP contribution in [-0.4, -0.2) is 71.9 Å². The van der Waals surface area contributed by atoms with E-state index < -0.39 is 12.8 Å². The van der Waals surface area contributed by atoms with Crippen LogP contribution in [0.25, 0.3) is 11.1 Å². The first-order valence-electron chi connectivity index (χ1n) is 12.4. The average Bonchev–Trinajstić information content (AvgIpc) is 3.38. The highest BCUT2D eigenvalue weighted by Crippen LogP contribution is 2.30. The van der Waals surface area contributed by atoms with Gasteiger partial charge in [0.15, 0.2) is 18.1 Å². The van der Waals surface area contributed by atoms with Gasteiger partial charge in [0, 0.05) is 43.4 Å². The molecule has 1 aromatic carbocycles. The quantitative estimate of drug-likeness (QED) is 0.480. The Bertz CT molecular complexity index is 1210. The number of hydrogen-bond acceptors (Lipinski definition) is 8. The molecule has 2 aliphatic heterocycles. The van der Waals surface area contributed by atoms with E-state index in [2.05, 4.69) is 20.2 Å². The molecule has 5 rings (SSSR count). The number of fused-ring (bicyclic) bond motifs is 2. The third kappa shape index (κ3) is 6.79. The zero-order valence-electron chi connectivity index (χ0n) is 20.5. The summed E-state index contributed by atoms with van der Waals surface area (Å²) in [4.78, 5) is 24.6. The number of oxazole rings is 1. The average molecular weight is 539 g/mol. The summed E-state index contributed by atoms with van der Waals surface area (Å²) in [6.07, 6.45) is -0.162. The van der Waals surface area contributed by atoms with E-state index in [1.807, 2.05) is 0 Å². The maximum absolute atomic E-state index is 12.7. The second-order valence-corrected chi connectivity index (χ2v) is 10.5. The molecule has 12 heteroatoms. The predicted octanol–water partition coefficient (Wildman–Crippen LogP) is 4.30. The number of carbonyl (C=O) groups is 1. The van der Waals surface area contributed by atoms with Crippen LogP contribution in [-0.2, 0) is 17.6 Å². The molecule has 0 saturated carbocycles. The van der Waals surface area contributed by atoms with Gasteiger partial charge >= 0.3 is 6.18 Å². The van der Waals surface area contributed by atoms with Gasteiger partial charge in [0.25, 0.3) is 11.1 Å². The first kappa shape index (κ1) is 25.9. The van der Waals surface area contributed by atoms with Crippen LogP contribution < -0.4 is 10.1 Å². The van der Waals surface area contributed by atoms with Crippen LogP contribution in [0.2, 0.25) is 0 Å². The normalized spacial score (nSPS) is 21.0. The molecule has 2 aromatic heterocycles. The highest BCUT2D eigenvalue weighted by Gasteiger charge is 2.30. The molecule has 1 N–H and O–H groups in total. The monoisotopic (exact) mass is 538 g/mol. The Balaban J connectivity index is 1.03. The lowest BCUT2D eigenvalue weighted by Gasteiger charge is -2.31. The number of benzene rings is 1. The minimum absolute atomic E-state index is 0.0347. The Morgan fingerprint density at radius 1 is 1.24 bits per heavy atom. The van der Waals surface area contributed by atoms with Gasteiger partial charge in [-0.25, -0.2) is 9.97 Å². The SMILES string of the molecule is Cc1nc2cc(C(=O)N[C@H]3CC[C@H](CCN4CCc5nc(OCC(F)(F)F)sc5CC4)OC3)ccc2o1. The van der Waals surface area contributed by atoms with Crippen molar-refractivity contribution in [3.05, 3.63) is 40.2 Å². The van der Waals surface area contributed by atoms with E-state index in [-0.39, 0.29) is 23.2 Å². The highest BCUT2D eigenvalue weighted by molar-refractivity contribution is 7.13. The smallest absolute Gasteiger partial charge is 0.422 e. The van der Waals surface area contributed by atoms with Crippen molar-refractivity contribution in [2.75, 3.05) is 32.8 Å². The number of rotatable bonds is 7. The minimum atomic E-state index is -4.36. The Kier molecular flexibility index (Phi) is 7.68. The van der Waals surface area contributed by atoms with Gasteiger partial charge in [0.2, 0.25) is 0 Å². The molecule has 0 spiro atoms. The van der Waals surface area contributed by atoms with E-state index in [1.54, 1.807) is 25.1 Å². The number of carbonyl (C=O) groups excluding carboxylic acids is 1. The number of nitrogens with one attached hydrogen (secondary N) is 1. The van der Waals surface area contributed by atoms with Crippen LogP contribution >= 0.6 is 11.3 Å². The van der Waals surface area contributed by atoms with Crippen LogP contribution in [0.5, 0.6) is 5.19 Å².